The standard InChI is InChI=1S/C13H9N3O2S/c17-13(18)10-4-9(6-15-10)11-7-19-12(16-11)8-2-1-3-14-5-8/h1-7,15H,(H,17,18). The molecule has 0 spiro atoms. The lowest BCUT2D eigenvalue weighted by Gasteiger charge is -1.93. The molecule has 0 amide bonds. The van der Waals surface area contributed by atoms with Crippen LogP contribution in [0, 0.1) is 0 Å². The molecule has 5 nitrogen and oxygen atoms in total. The number of H-pyrrole nitrogens is 1. The van der Waals surface area contributed by atoms with Gasteiger partial charge in [0.05, 0.1) is 5.69 Å². The van der Waals surface area contributed by atoms with Crippen molar-refractivity contribution in [3.63, 3.8) is 0 Å². The fourth-order valence-electron chi connectivity index (χ4n) is 1.69. The van der Waals surface area contributed by atoms with Gasteiger partial charge in [0.25, 0.3) is 0 Å². The number of hydrogen-bond acceptors (Lipinski definition) is 4. The average Bonchev–Trinajstić information content (AvgIpc) is 3.09. The number of pyridine rings is 1. The van der Waals surface area contributed by atoms with E-state index in [0.29, 0.717) is 0 Å². The van der Waals surface area contributed by atoms with E-state index in [1.807, 2.05) is 17.5 Å². The molecule has 0 aliphatic rings. The maximum absolute atomic E-state index is 10.8. The molecule has 0 aliphatic carbocycles. The van der Waals surface area contributed by atoms with Gasteiger partial charge in [0.15, 0.2) is 0 Å². The second-order valence-electron chi connectivity index (χ2n) is 3.89. The third-order valence-electron chi connectivity index (χ3n) is 2.62. The summed E-state index contributed by atoms with van der Waals surface area (Å²) in [6, 6.07) is 5.37. The molecular formula is C13H9N3O2S. The van der Waals surface area contributed by atoms with Gasteiger partial charge in [-0.05, 0) is 18.2 Å². The molecule has 0 saturated heterocycles. The van der Waals surface area contributed by atoms with Gasteiger partial charge < -0.3 is 10.1 Å². The number of aromatic carboxylic acids is 1. The first-order valence-corrected chi connectivity index (χ1v) is 6.40. The van der Waals surface area contributed by atoms with Gasteiger partial charge in [-0.15, -0.1) is 11.3 Å². The molecule has 3 heterocycles. The molecule has 0 unspecified atom stereocenters. The van der Waals surface area contributed by atoms with Crippen molar-refractivity contribution in [3.8, 4) is 21.8 Å². The number of rotatable bonds is 3. The molecule has 0 aromatic carbocycles. The van der Waals surface area contributed by atoms with Crippen LogP contribution >= 0.6 is 11.3 Å². The first-order chi connectivity index (χ1) is 9.24. The molecule has 19 heavy (non-hydrogen) atoms. The fraction of sp³-hybridized carbons (Fsp3) is 0. The van der Waals surface area contributed by atoms with Crippen molar-refractivity contribution in [1.29, 1.82) is 0 Å². The molecule has 0 atom stereocenters. The Morgan fingerprint density at radius 3 is 2.95 bits per heavy atom. The van der Waals surface area contributed by atoms with Crippen LogP contribution in [0.1, 0.15) is 10.5 Å². The molecule has 3 rings (SSSR count). The molecule has 94 valence electrons. The lowest BCUT2D eigenvalue weighted by atomic mass is 10.2. The Bertz CT molecular complexity index is 718. The van der Waals surface area contributed by atoms with Crippen molar-refractivity contribution in [2.45, 2.75) is 0 Å². The van der Waals surface area contributed by atoms with E-state index in [-0.39, 0.29) is 5.69 Å². The monoisotopic (exact) mass is 271 g/mol. The number of hydrogen-bond donors (Lipinski definition) is 2. The molecule has 6 heteroatoms. The highest BCUT2D eigenvalue weighted by Gasteiger charge is 2.11. The van der Waals surface area contributed by atoms with Crippen molar-refractivity contribution in [2.24, 2.45) is 0 Å². The van der Waals surface area contributed by atoms with Crippen molar-refractivity contribution < 1.29 is 9.90 Å². The molecule has 0 fully saturated rings. The minimum atomic E-state index is -0.978. The third-order valence-corrected chi connectivity index (χ3v) is 3.51. The van der Waals surface area contributed by atoms with E-state index >= 15 is 0 Å². The van der Waals surface area contributed by atoms with Crippen LogP contribution in [-0.2, 0) is 0 Å². The SMILES string of the molecule is O=C(O)c1cc(-c2csc(-c3cccnc3)n2)c[nH]1. The van der Waals surface area contributed by atoms with Gasteiger partial charge in [-0.3, -0.25) is 4.98 Å². The predicted octanol–water partition coefficient (Wildman–Crippen LogP) is 2.90. The van der Waals surface area contributed by atoms with Crippen LogP contribution in [0.5, 0.6) is 0 Å². The molecule has 3 aromatic heterocycles. The number of aromatic nitrogens is 3. The van der Waals surface area contributed by atoms with Gasteiger partial charge in [-0.2, -0.15) is 0 Å². The maximum atomic E-state index is 10.8. The Hall–Kier alpha value is -2.47. The lowest BCUT2D eigenvalue weighted by Crippen LogP contribution is -1.94. The summed E-state index contributed by atoms with van der Waals surface area (Å²) in [5.74, 6) is -0.978. The third kappa shape index (κ3) is 2.25. The Labute approximate surface area is 112 Å². The minimum absolute atomic E-state index is 0.158. The molecule has 0 radical (unpaired) electrons. The van der Waals surface area contributed by atoms with Gasteiger partial charge in [-0.1, -0.05) is 0 Å². The first kappa shape index (κ1) is 11.6. The summed E-state index contributed by atoms with van der Waals surface area (Å²) < 4.78 is 0. The topological polar surface area (TPSA) is 78.9 Å². The second kappa shape index (κ2) is 4.66. The number of carboxylic acid groups (broad SMARTS) is 1. The van der Waals surface area contributed by atoms with Gasteiger partial charge in [0.1, 0.15) is 10.7 Å². The maximum Gasteiger partial charge on any atom is 0.352 e. The molecule has 0 bridgehead atoms. The highest BCUT2D eigenvalue weighted by molar-refractivity contribution is 7.13. The number of nitrogens with one attached hydrogen (secondary N) is 1. The molecule has 3 aromatic rings. The van der Waals surface area contributed by atoms with E-state index < -0.39 is 5.97 Å². The Balaban J connectivity index is 1.94. The van der Waals surface area contributed by atoms with Gasteiger partial charge >= 0.3 is 5.97 Å². The van der Waals surface area contributed by atoms with Crippen LogP contribution in [-0.4, -0.2) is 26.0 Å². The molecule has 0 aliphatic heterocycles. The summed E-state index contributed by atoms with van der Waals surface area (Å²) >= 11 is 1.50. The van der Waals surface area contributed by atoms with E-state index in [1.165, 1.54) is 11.3 Å². The zero-order valence-electron chi connectivity index (χ0n) is 9.70. The Morgan fingerprint density at radius 2 is 2.26 bits per heavy atom. The van der Waals surface area contributed by atoms with Crippen molar-refractivity contribution >= 4 is 17.3 Å². The normalized spacial score (nSPS) is 10.5. The summed E-state index contributed by atoms with van der Waals surface area (Å²) in [6.45, 7) is 0. The summed E-state index contributed by atoms with van der Waals surface area (Å²) in [6.07, 6.45) is 5.11. The van der Waals surface area contributed by atoms with Gasteiger partial charge in [0.2, 0.25) is 0 Å². The Morgan fingerprint density at radius 1 is 1.37 bits per heavy atom. The zero-order valence-corrected chi connectivity index (χ0v) is 10.5. The number of aromatic amines is 1. The fourth-order valence-corrected chi connectivity index (χ4v) is 2.51. The van der Waals surface area contributed by atoms with Crippen molar-refractivity contribution in [1.82, 2.24) is 15.0 Å². The van der Waals surface area contributed by atoms with Crippen LogP contribution in [0.2, 0.25) is 0 Å². The average molecular weight is 271 g/mol. The Kier molecular flexibility index (Phi) is 2.85. The highest BCUT2D eigenvalue weighted by Crippen LogP contribution is 2.28. The van der Waals surface area contributed by atoms with Gasteiger partial charge in [0, 0.05) is 35.1 Å². The predicted molar refractivity (Wildman–Crippen MR) is 72.1 cm³/mol. The smallest absolute Gasteiger partial charge is 0.352 e. The number of thiazole rings is 1. The van der Waals surface area contributed by atoms with E-state index in [4.69, 9.17) is 5.11 Å². The summed E-state index contributed by atoms with van der Waals surface area (Å²) in [4.78, 5) is 22.1. The summed E-state index contributed by atoms with van der Waals surface area (Å²) in [7, 11) is 0. The van der Waals surface area contributed by atoms with E-state index in [1.54, 1.807) is 24.7 Å². The summed E-state index contributed by atoms with van der Waals surface area (Å²) in [5.41, 5.74) is 2.63. The second-order valence-corrected chi connectivity index (χ2v) is 4.74. The van der Waals surface area contributed by atoms with Crippen molar-refractivity contribution in [2.75, 3.05) is 0 Å². The number of nitrogens with zero attached hydrogens (tertiary/aromatic N) is 2. The highest BCUT2D eigenvalue weighted by atomic mass is 32.1. The molecular weight excluding hydrogens is 262 g/mol. The van der Waals surface area contributed by atoms with Gasteiger partial charge in [-0.25, -0.2) is 9.78 Å². The minimum Gasteiger partial charge on any atom is -0.477 e. The number of carbonyl (C=O) groups is 1. The summed E-state index contributed by atoms with van der Waals surface area (Å²) in [5, 5.41) is 11.6. The van der Waals surface area contributed by atoms with E-state index in [2.05, 4.69) is 15.0 Å². The molecule has 2 N–H and O–H groups in total. The quantitative estimate of drug-likeness (QED) is 0.767. The van der Waals surface area contributed by atoms with E-state index in [0.717, 1.165) is 21.8 Å². The van der Waals surface area contributed by atoms with Crippen molar-refractivity contribution in [3.05, 3.63) is 47.9 Å². The zero-order chi connectivity index (χ0) is 13.2. The first-order valence-electron chi connectivity index (χ1n) is 5.52. The van der Waals surface area contributed by atoms with Crippen LogP contribution < -0.4 is 0 Å². The van der Waals surface area contributed by atoms with E-state index in [9.17, 15) is 4.79 Å². The largest absolute Gasteiger partial charge is 0.477 e. The van der Waals surface area contributed by atoms with Crippen LogP contribution in [0.4, 0.5) is 0 Å². The molecule has 0 saturated carbocycles. The lowest BCUT2D eigenvalue weighted by molar-refractivity contribution is 0.0691. The van der Waals surface area contributed by atoms with Crippen LogP contribution in [0.3, 0.4) is 0 Å². The number of carboxylic acids is 1. The van der Waals surface area contributed by atoms with Crippen LogP contribution in [0.25, 0.3) is 21.8 Å². The van der Waals surface area contributed by atoms with Crippen LogP contribution in [0.15, 0.2) is 42.2 Å².